The summed E-state index contributed by atoms with van der Waals surface area (Å²) in [6, 6.07) is 0. The minimum atomic E-state index is -1.47. The molecule has 0 aromatic heterocycles. The lowest BCUT2D eigenvalue weighted by atomic mass is 9.79. The van der Waals surface area contributed by atoms with E-state index in [-0.39, 0.29) is 6.10 Å². The third kappa shape index (κ3) is 6.66. The highest BCUT2D eigenvalue weighted by molar-refractivity contribution is 6.51. The van der Waals surface area contributed by atoms with E-state index in [0.717, 1.165) is 0 Å². The molecular formula is C10H17BO3. The van der Waals surface area contributed by atoms with E-state index in [9.17, 15) is 0 Å². The molecule has 0 unspecified atom stereocenters. The van der Waals surface area contributed by atoms with Crippen LogP contribution in [0.3, 0.4) is 0 Å². The van der Waals surface area contributed by atoms with Crippen molar-refractivity contribution in [3.8, 4) is 0 Å². The first-order chi connectivity index (χ1) is 6.57. The van der Waals surface area contributed by atoms with Gasteiger partial charge in [-0.05, 0) is 19.3 Å². The van der Waals surface area contributed by atoms with Gasteiger partial charge in [-0.25, -0.2) is 0 Å². The maximum atomic E-state index is 8.90. The summed E-state index contributed by atoms with van der Waals surface area (Å²) in [6.45, 7) is 7.81. The van der Waals surface area contributed by atoms with Crippen LogP contribution in [0.4, 0.5) is 0 Å². The first-order valence-corrected chi connectivity index (χ1v) is 4.54. The van der Waals surface area contributed by atoms with Gasteiger partial charge >= 0.3 is 7.12 Å². The van der Waals surface area contributed by atoms with E-state index in [0.29, 0.717) is 12.1 Å². The molecule has 0 aromatic rings. The molecule has 0 heterocycles. The van der Waals surface area contributed by atoms with E-state index in [1.54, 1.807) is 12.2 Å². The highest BCUT2D eigenvalue weighted by atomic mass is 16.5. The van der Waals surface area contributed by atoms with Crippen molar-refractivity contribution >= 4 is 7.12 Å². The molecule has 0 amide bonds. The van der Waals surface area contributed by atoms with E-state index in [1.807, 2.05) is 13.8 Å². The van der Waals surface area contributed by atoms with Crippen molar-refractivity contribution < 1.29 is 14.8 Å². The lowest BCUT2D eigenvalue weighted by Gasteiger charge is -2.03. The van der Waals surface area contributed by atoms with Crippen molar-refractivity contribution in [2.45, 2.75) is 20.0 Å². The van der Waals surface area contributed by atoms with Gasteiger partial charge in [-0.2, -0.15) is 0 Å². The first-order valence-electron chi connectivity index (χ1n) is 4.54. The molecule has 0 spiro atoms. The van der Waals surface area contributed by atoms with Gasteiger partial charge in [-0.1, -0.05) is 30.9 Å². The summed E-state index contributed by atoms with van der Waals surface area (Å²) in [5.74, 6) is 0. The van der Waals surface area contributed by atoms with Gasteiger partial charge in [0.2, 0.25) is 0 Å². The molecule has 0 bridgehead atoms. The smallest absolute Gasteiger partial charge is 0.423 e. The Bertz CT molecular complexity index is 219. The summed E-state index contributed by atoms with van der Waals surface area (Å²) < 4.78 is 5.25. The van der Waals surface area contributed by atoms with Crippen LogP contribution in [0.15, 0.2) is 36.4 Å². The molecule has 3 nitrogen and oxygen atoms in total. The second kappa shape index (κ2) is 7.56. The van der Waals surface area contributed by atoms with Gasteiger partial charge < -0.3 is 14.8 Å². The maximum absolute atomic E-state index is 8.90. The fraction of sp³-hybridized carbons (Fsp3) is 0.400. The average Bonchev–Trinajstić information content (AvgIpc) is 2.09. The van der Waals surface area contributed by atoms with Crippen molar-refractivity contribution in [3.05, 3.63) is 36.4 Å². The highest BCUT2D eigenvalue weighted by Gasteiger charge is 2.09. The number of hydrogen-bond acceptors (Lipinski definition) is 3. The fourth-order valence-corrected chi connectivity index (χ4v) is 0.796. The molecule has 78 valence electrons. The number of ether oxygens (including phenoxy) is 1. The highest BCUT2D eigenvalue weighted by Crippen LogP contribution is 1.99. The van der Waals surface area contributed by atoms with Gasteiger partial charge in [-0.3, -0.25) is 0 Å². The van der Waals surface area contributed by atoms with Crippen molar-refractivity contribution in [2.75, 3.05) is 6.61 Å². The molecule has 0 aliphatic heterocycles. The Morgan fingerprint density at radius 3 is 2.57 bits per heavy atom. The largest absolute Gasteiger partial charge is 0.488 e. The molecule has 0 aliphatic rings. The number of hydrogen-bond donors (Lipinski definition) is 2. The lowest BCUT2D eigenvalue weighted by molar-refractivity contribution is 0.102. The van der Waals surface area contributed by atoms with E-state index in [4.69, 9.17) is 14.8 Å². The van der Waals surface area contributed by atoms with E-state index < -0.39 is 7.12 Å². The fourth-order valence-electron chi connectivity index (χ4n) is 0.796. The standard InChI is InChI=1S/C10H17BO3/c1-4-6-10(11(12)13)7-5-8-14-9(2)3/h4-7,9,12-13H,1,8H2,2-3H3/b7-5-,10-6+. The second-order valence-electron chi connectivity index (χ2n) is 3.06. The SMILES string of the molecule is C=C/C=C(\C=C/COC(C)C)B(O)O. The Balaban J connectivity index is 4.04. The minimum absolute atomic E-state index is 0.172. The molecule has 0 atom stereocenters. The van der Waals surface area contributed by atoms with Crippen molar-refractivity contribution in [2.24, 2.45) is 0 Å². The summed E-state index contributed by atoms with van der Waals surface area (Å²) in [5.41, 5.74) is 0.396. The van der Waals surface area contributed by atoms with E-state index in [2.05, 4.69) is 6.58 Å². The predicted molar refractivity (Wildman–Crippen MR) is 58.7 cm³/mol. The summed E-state index contributed by atoms with van der Waals surface area (Å²) in [7, 11) is -1.47. The summed E-state index contributed by atoms with van der Waals surface area (Å²) in [5, 5.41) is 17.8. The van der Waals surface area contributed by atoms with Crippen LogP contribution < -0.4 is 0 Å². The van der Waals surface area contributed by atoms with Crippen LogP contribution in [0.2, 0.25) is 0 Å². The van der Waals surface area contributed by atoms with Crippen molar-refractivity contribution in [1.82, 2.24) is 0 Å². The van der Waals surface area contributed by atoms with Crippen LogP contribution in [0, 0.1) is 0 Å². The number of rotatable bonds is 6. The number of allylic oxidation sites excluding steroid dienone is 4. The molecule has 0 aromatic carbocycles. The Morgan fingerprint density at radius 2 is 2.14 bits per heavy atom. The Labute approximate surface area is 85.5 Å². The van der Waals surface area contributed by atoms with Crippen LogP contribution >= 0.6 is 0 Å². The molecule has 0 saturated carbocycles. The van der Waals surface area contributed by atoms with Gasteiger partial charge in [-0.15, -0.1) is 0 Å². The molecule has 0 fully saturated rings. The van der Waals surface area contributed by atoms with Crippen LogP contribution in [-0.2, 0) is 4.74 Å². The second-order valence-corrected chi connectivity index (χ2v) is 3.06. The van der Waals surface area contributed by atoms with Gasteiger partial charge in [0.25, 0.3) is 0 Å². The zero-order valence-electron chi connectivity index (χ0n) is 8.68. The van der Waals surface area contributed by atoms with Crippen LogP contribution in [0.25, 0.3) is 0 Å². The molecule has 0 rings (SSSR count). The Hall–Kier alpha value is -0.835. The zero-order valence-corrected chi connectivity index (χ0v) is 8.68. The quantitative estimate of drug-likeness (QED) is 0.493. The van der Waals surface area contributed by atoms with Gasteiger partial charge in [0, 0.05) is 0 Å². The molecular weight excluding hydrogens is 179 g/mol. The topological polar surface area (TPSA) is 49.7 Å². The molecule has 0 saturated heterocycles. The van der Waals surface area contributed by atoms with Crippen LogP contribution in [0.1, 0.15) is 13.8 Å². The summed E-state index contributed by atoms with van der Waals surface area (Å²) >= 11 is 0. The van der Waals surface area contributed by atoms with E-state index >= 15 is 0 Å². The molecule has 0 aliphatic carbocycles. The maximum Gasteiger partial charge on any atom is 0.488 e. The Kier molecular flexibility index (Phi) is 7.11. The van der Waals surface area contributed by atoms with Gasteiger partial charge in [0.1, 0.15) is 0 Å². The average molecular weight is 196 g/mol. The Morgan fingerprint density at radius 1 is 1.50 bits per heavy atom. The first kappa shape index (κ1) is 13.2. The van der Waals surface area contributed by atoms with Crippen LogP contribution in [-0.4, -0.2) is 29.9 Å². The van der Waals surface area contributed by atoms with Crippen molar-refractivity contribution in [3.63, 3.8) is 0 Å². The molecule has 4 heteroatoms. The monoisotopic (exact) mass is 196 g/mol. The van der Waals surface area contributed by atoms with Crippen LogP contribution in [0.5, 0.6) is 0 Å². The predicted octanol–water partition coefficient (Wildman–Crippen LogP) is 1.09. The van der Waals surface area contributed by atoms with E-state index in [1.165, 1.54) is 12.2 Å². The zero-order chi connectivity index (χ0) is 11.0. The lowest BCUT2D eigenvalue weighted by Crippen LogP contribution is -2.13. The molecule has 0 radical (unpaired) electrons. The van der Waals surface area contributed by atoms with Crippen molar-refractivity contribution in [1.29, 1.82) is 0 Å². The molecule has 2 N–H and O–H groups in total. The van der Waals surface area contributed by atoms with Gasteiger partial charge in [0.05, 0.1) is 12.7 Å². The minimum Gasteiger partial charge on any atom is -0.423 e. The van der Waals surface area contributed by atoms with Gasteiger partial charge in [0.15, 0.2) is 0 Å². The normalized spacial score (nSPS) is 12.5. The third-order valence-corrected chi connectivity index (χ3v) is 1.44. The molecule has 14 heavy (non-hydrogen) atoms. The summed E-state index contributed by atoms with van der Waals surface area (Å²) in [6.07, 6.45) is 6.55. The summed E-state index contributed by atoms with van der Waals surface area (Å²) in [4.78, 5) is 0. The third-order valence-electron chi connectivity index (χ3n) is 1.44.